The lowest BCUT2D eigenvalue weighted by Gasteiger charge is -2.46. The van der Waals surface area contributed by atoms with Crippen LogP contribution in [0.15, 0.2) is 12.2 Å². The molecule has 0 amide bonds. The fourth-order valence-corrected chi connectivity index (χ4v) is 3.87. The quantitative estimate of drug-likeness (QED) is 0.186. The third-order valence-corrected chi connectivity index (χ3v) is 6.05. The molecule has 0 saturated carbocycles. The predicted octanol–water partition coefficient (Wildman–Crippen LogP) is 4.31. The molecule has 0 aromatic rings. The van der Waals surface area contributed by atoms with E-state index in [9.17, 15) is 29.7 Å². The third kappa shape index (κ3) is 8.56. The van der Waals surface area contributed by atoms with Gasteiger partial charge in [-0.1, -0.05) is 57.9 Å². The maximum Gasteiger partial charge on any atom is 0.362 e. The number of quaternary nitrogens is 1. The summed E-state index contributed by atoms with van der Waals surface area (Å²) >= 11 is 0. The molecule has 0 fully saturated rings. The Labute approximate surface area is 175 Å². The molecule has 7 heteroatoms. The minimum absolute atomic E-state index is 0.0470. The van der Waals surface area contributed by atoms with E-state index in [1.165, 1.54) is 59.3 Å². The highest BCUT2D eigenvalue weighted by atomic mass is 16.4. The molecule has 0 aliphatic heterocycles. The van der Waals surface area contributed by atoms with Crippen molar-refractivity contribution in [3.63, 3.8) is 0 Å². The monoisotopic (exact) mass is 414 g/mol. The Hall–Kier alpha value is -1.89. The fraction of sp³-hybridized carbons (Fsp3) is 0.773. The third-order valence-electron chi connectivity index (χ3n) is 6.05. The van der Waals surface area contributed by atoms with Crippen LogP contribution in [0.1, 0.15) is 85.5 Å². The number of carboxylic acids is 3. The van der Waals surface area contributed by atoms with E-state index in [0.717, 1.165) is 19.3 Å². The summed E-state index contributed by atoms with van der Waals surface area (Å²) in [6.07, 6.45) is 14.2. The van der Waals surface area contributed by atoms with Gasteiger partial charge in [0.15, 0.2) is 18.1 Å². The zero-order chi connectivity index (χ0) is 22.4. The summed E-state index contributed by atoms with van der Waals surface area (Å²) in [5.41, 5.74) is 0. The lowest BCUT2D eigenvalue weighted by molar-refractivity contribution is -0.962. The van der Waals surface area contributed by atoms with Crippen LogP contribution in [0.4, 0.5) is 0 Å². The average molecular weight is 415 g/mol. The molecule has 0 aliphatic carbocycles. The molecule has 168 valence electrons. The summed E-state index contributed by atoms with van der Waals surface area (Å²) in [5.74, 6) is -3.62. The first-order valence-corrected chi connectivity index (χ1v) is 10.8. The summed E-state index contributed by atoms with van der Waals surface area (Å²) in [5, 5.41) is 28.6. The Morgan fingerprint density at radius 3 is 1.45 bits per heavy atom. The van der Waals surface area contributed by atoms with Crippen molar-refractivity contribution in [1.82, 2.24) is 0 Å². The van der Waals surface area contributed by atoms with Crippen molar-refractivity contribution in [2.75, 3.05) is 6.54 Å². The smallest absolute Gasteiger partial charge is 0.362 e. The summed E-state index contributed by atoms with van der Waals surface area (Å²) in [6, 6.07) is -3.50. The Bertz CT molecular complexity index is 495. The van der Waals surface area contributed by atoms with Gasteiger partial charge < -0.3 is 15.3 Å². The van der Waals surface area contributed by atoms with Crippen molar-refractivity contribution in [3.8, 4) is 0 Å². The van der Waals surface area contributed by atoms with Crippen molar-refractivity contribution in [2.45, 2.75) is 104 Å². The van der Waals surface area contributed by atoms with Gasteiger partial charge in [-0.25, -0.2) is 14.4 Å². The van der Waals surface area contributed by atoms with E-state index in [0.29, 0.717) is 0 Å². The molecule has 3 atom stereocenters. The molecule has 0 radical (unpaired) electrons. The zero-order valence-corrected chi connectivity index (χ0v) is 18.5. The largest absolute Gasteiger partial charge is 0.477 e. The van der Waals surface area contributed by atoms with Crippen LogP contribution in [0.25, 0.3) is 0 Å². The second-order valence-electron chi connectivity index (χ2n) is 7.96. The molecule has 0 heterocycles. The van der Waals surface area contributed by atoms with Crippen LogP contribution in [-0.2, 0) is 14.4 Å². The number of carbonyl (C=O) groups is 3. The standard InChI is InChI=1S/C22H39NO6/c1-5-6-7-8-9-10-11-12-13-14-15-16-23(17(2)20(24)25,18(3)21(26)27)19(4)22(28)29/h14-15,17-19H,5-13,16H2,1-4H3,(H2-,24,25,26,27,28,29)/p+1/b15-14+. The molecular formula is C22H40NO6+. The first-order chi connectivity index (χ1) is 13.6. The second kappa shape index (κ2) is 14.1. The minimum Gasteiger partial charge on any atom is -0.477 e. The van der Waals surface area contributed by atoms with Crippen LogP contribution in [0.3, 0.4) is 0 Å². The predicted molar refractivity (Wildman–Crippen MR) is 113 cm³/mol. The molecule has 0 aromatic heterocycles. The van der Waals surface area contributed by atoms with Crippen molar-refractivity contribution < 1.29 is 34.2 Å². The van der Waals surface area contributed by atoms with Crippen LogP contribution in [0.2, 0.25) is 0 Å². The van der Waals surface area contributed by atoms with Gasteiger partial charge in [0.05, 0.1) is 6.54 Å². The highest BCUT2D eigenvalue weighted by Gasteiger charge is 2.52. The second-order valence-corrected chi connectivity index (χ2v) is 7.96. The number of hydrogen-bond acceptors (Lipinski definition) is 3. The summed E-state index contributed by atoms with van der Waals surface area (Å²) < 4.78 is -0.562. The average Bonchev–Trinajstić information content (AvgIpc) is 2.67. The van der Waals surface area contributed by atoms with Gasteiger partial charge in [0.1, 0.15) is 0 Å². The van der Waals surface area contributed by atoms with Gasteiger partial charge in [0.25, 0.3) is 0 Å². The van der Waals surface area contributed by atoms with E-state index in [-0.39, 0.29) is 6.54 Å². The molecule has 3 unspecified atom stereocenters. The Balaban J connectivity index is 4.97. The maximum absolute atomic E-state index is 11.7. The lowest BCUT2D eigenvalue weighted by Crippen LogP contribution is -2.70. The fourth-order valence-electron chi connectivity index (χ4n) is 3.87. The number of aliphatic carboxylic acids is 3. The van der Waals surface area contributed by atoms with Gasteiger partial charge in [0, 0.05) is 0 Å². The molecule has 0 spiro atoms. The summed E-state index contributed by atoms with van der Waals surface area (Å²) in [6.45, 7) is 6.39. The number of unbranched alkanes of at least 4 members (excludes halogenated alkanes) is 8. The zero-order valence-electron chi connectivity index (χ0n) is 18.5. The van der Waals surface area contributed by atoms with Gasteiger partial charge in [-0.2, -0.15) is 0 Å². The molecule has 7 nitrogen and oxygen atoms in total. The van der Waals surface area contributed by atoms with Crippen LogP contribution in [0.5, 0.6) is 0 Å². The van der Waals surface area contributed by atoms with E-state index >= 15 is 0 Å². The number of hydrogen-bond donors (Lipinski definition) is 3. The van der Waals surface area contributed by atoms with Crippen LogP contribution >= 0.6 is 0 Å². The first kappa shape index (κ1) is 27.1. The van der Waals surface area contributed by atoms with Crippen molar-refractivity contribution in [1.29, 1.82) is 0 Å². The number of nitrogens with zero attached hydrogens (tertiary/aromatic N) is 1. The number of rotatable bonds is 17. The van der Waals surface area contributed by atoms with Crippen molar-refractivity contribution in [3.05, 3.63) is 12.2 Å². The van der Waals surface area contributed by atoms with E-state index in [1.54, 1.807) is 6.08 Å². The SMILES string of the molecule is CCCCCCCCCC/C=C/C[N+](C(C)C(=O)O)(C(C)C(=O)O)C(C)C(=O)O. The molecule has 0 rings (SSSR count). The van der Waals surface area contributed by atoms with Crippen LogP contribution < -0.4 is 0 Å². The van der Waals surface area contributed by atoms with Crippen molar-refractivity contribution >= 4 is 17.9 Å². The van der Waals surface area contributed by atoms with Gasteiger partial charge in [0.2, 0.25) is 0 Å². The Kier molecular flexibility index (Phi) is 13.2. The Morgan fingerprint density at radius 2 is 1.07 bits per heavy atom. The maximum atomic E-state index is 11.7. The minimum atomic E-state index is -1.21. The molecule has 0 aliphatic rings. The topological polar surface area (TPSA) is 112 Å². The van der Waals surface area contributed by atoms with Crippen LogP contribution in [0, 0.1) is 0 Å². The molecule has 29 heavy (non-hydrogen) atoms. The van der Waals surface area contributed by atoms with Gasteiger partial charge in [-0.3, -0.25) is 4.48 Å². The summed E-state index contributed by atoms with van der Waals surface area (Å²) in [4.78, 5) is 35.0. The normalized spacial score (nSPS) is 16.8. The molecule has 3 N–H and O–H groups in total. The number of allylic oxidation sites excluding steroid dienone is 1. The van der Waals surface area contributed by atoms with Gasteiger partial charge in [-0.05, 0) is 39.7 Å². The van der Waals surface area contributed by atoms with Crippen LogP contribution in [-0.4, -0.2) is 62.4 Å². The highest BCUT2D eigenvalue weighted by Crippen LogP contribution is 2.26. The van der Waals surface area contributed by atoms with Gasteiger partial charge in [-0.15, -0.1) is 0 Å². The van der Waals surface area contributed by atoms with Crippen molar-refractivity contribution in [2.24, 2.45) is 0 Å². The summed E-state index contributed by atoms with van der Waals surface area (Å²) in [7, 11) is 0. The lowest BCUT2D eigenvalue weighted by atomic mass is 10.0. The van der Waals surface area contributed by atoms with E-state index in [1.807, 2.05) is 6.08 Å². The van der Waals surface area contributed by atoms with E-state index in [2.05, 4.69) is 6.92 Å². The van der Waals surface area contributed by atoms with E-state index < -0.39 is 40.5 Å². The van der Waals surface area contributed by atoms with E-state index in [4.69, 9.17) is 0 Å². The van der Waals surface area contributed by atoms with Gasteiger partial charge >= 0.3 is 17.9 Å². The molecule has 0 saturated heterocycles. The molecule has 0 bridgehead atoms. The highest BCUT2D eigenvalue weighted by molar-refractivity contribution is 5.77. The number of carboxylic acid groups (broad SMARTS) is 3. The Morgan fingerprint density at radius 1 is 0.690 bits per heavy atom. The molecule has 0 aromatic carbocycles. The first-order valence-electron chi connectivity index (χ1n) is 10.8. The molecular weight excluding hydrogens is 374 g/mol.